The van der Waals surface area contributed by atoms with Crippen LogP contribution in [0.25, 0.3) is 0 Å². The number of carbonyl (C=O) groups excluding carboxylic acids is 1. The second-order valence-corrected chi connectivity index (χ2v) is 10.4. The molecule has 3 aromatic rings. The smallest absolute Gasteiger partial charge is 0.313 e. The SMILES string of the molecule is CC(=O)OS(c1ccccc1)(c1ccc(OC(C)C)cc1)c1ccc(OC(C)C)cc1. The Balaban J connectivity index is 2.17. The Morgan fingerprint density at radius 3 is 1.39 bits per heavy atom. The Bertz CT molecular complexity index is 927. The minimum atomic E-state index is -2.28. The van der Waals surface area contributed by atoms with Gasteiger partial charge in [0.1, 0.15) is 11.5 Å². The van der Waals surface area contributed by atoms with Crippen molar-refractivity contribution in [2.24, 2.45) is 0 Å². The van der Waals surface area contributed by atoms with Gasteiger partial charge in [-0.1, -0.05) is 18.2 Å². The van der Waals surface area contributed by atoms with Gasteiger partial charge in [-0.25, -0.2) is 0 Å². The lowest BCUT2D eigenvalue weighted by atomic mass is 10.3. The van der Waals surface area contributed by atoms with Crippen molar-refractivity contribution in [3.05, 3.63) is 78.9 Å². The van der Waals surface area contributed by atoms with E-state index in [1.807, 2.05) is 107 Å². The lowest BCUT2D eigenvalue weighted by Gasteiger charge is -2.39. The van der Waals surface area contributed by atoms with Crippen molar-refractivity contribution in [3.8, 4) is 11.5 Å². The second-order valence-electron chi connectivity index (χ2n) is 7.72. The molecule has 0 radical (unpaired) electrons. The zero-order valence-electron chi connectivity index (χ0n) is 18.7. The van der Waals surface area contributed by atoms with Crippen LogP contribution in [0.5, 0.6) is 11.5 Å². The maximum atomic E-state index is 12.4. The summed E-state index contributed by atoms with van der Waals surface area (Å²) < 4.78 is 17.8. The number of ether oxygens (including phenoxy) is 2. The van der Waals surface area contributed by atoms with E-state index in [0.717, 1.165) is 26.2 Å². The molecule has 0 amide bonds. The minimum Gasteiger partial charge on any atom is -0.491 e. The van der Waals surface area contributed by atoms with Crippen molar-refractivity contribution in [1.29, 1.82) is 0 Å². The molecule has 0 saturated heterocycles. The summed E-state index contributed by atoms with van der Waals surface area (Å²) in [7, 11) is -2.28. The third-order valence-corrected chi connectivity index (χ3v) is 7.67. The molecule has 0 aromatic heterocycles. The summed E-state index contributed by atoms with van der Waals surface area (Å²) in [6.07, 6.45) is 0.165. The normalized spacial score (nSPS) is 12.0. The Hall–Kier alpha value is -2.92. The monoisotopic (exact) mass is 438 g/mol. The van der Waals surface area contributed by atoms with Gasteiger partial charge in [0.2, 0.25) is 0 Å². The summed E-state index contributed by atoms with van der Waals surface area (Å²) in [5.41, 5.74) is 0. The fourth-order valence-corrected chi connectivity index (χ4v) is 6.34. The molecule has 0 saturated carbocycles. The predicted molar refractivity (Wildman–Crippen MR) is 125 cm³/mol. The Kier molecular flexibility index (Phi) is 7.29. The highest BCUT2D eigenvalue weighted by Gasteiger charge is 2.35. The van der Waals surface area contributed by atoms with Crippen LogP contribution in [0.1, 0.15) is 34.6 Å². The fourth-order valence-electron chi connectivity index (χ4n) is 3.30. The molecular formula is C26H30O4S. The molecule has 164 valence electrons. The molecule has 3 aromatic carbocycles. The van der Waals surface area contributed by atoms with E-state index in [-0.39, 0.29) is 18.2 Å². The average molecular weight is 439 g/mol. The van der Waals surface area contributed by atoms with E-state index >= 15 is 0 Å². The van der Waals surface area contributed by atoms with Gasteiger partial charge in [-0.2, -0.15) is 0 Å². The van der Waals surface area contributed by atoms with Crippen molar-refractivity contribution in [1.82, 2.24) is 0 Å². The molecular weight excluding hydrogens is 408 g/mol. The van der Waals surface area contributed by atoms with Gasteiger partial charge in [0, 0.05) is 21.6 Å². The topological polar surface area (TPSA) is 44.8 Å². The summed E-state index contributed by atoms with van der Waals surface area (Å²) in [6.45, 7) is 9.43. The first-order chi connectivity index (χ1) is 14.8. The molecule has 0 aliphatic carbocycles. The van der Waals surface area contributed by atoms with E-state index in [9.17, 15) is 4.79 Å². The first kappa shape index (κ1) is 22.8. The van der Waals surface area contributed by atoms with Gasteiger partial charge in [0.05, 0.1) is 12.2 Å². The molecule has 0 N–H and O–H groups in total. The van der Waals surface area contributed by atoms with Crippen LogP contribution in [0, 0.1) is 0 Å². The third kappa shape index (κ3) is 5.42. The summed E-state index contributed by atoms with van der Waals surface area (Å²) in [5, 5.41) is 0. The van der Waals surface area contributed by atoms with E-state index < -0.39 is 10.3 Å². The van der Waals surface area contributed by atoms with Crippen LogP contribution >= 0.6 is 10.3 Å². The van der Waals surface area contributed by atoms with E-state index in [1.54, 1.807) is 0 Å². The zero-order chi connectivity index (χ0) is 22.4. The van der Waals surface area contributed by atoms with Gasteiger partial charge < -0.3 is 13.7 Å². The standard InChI is InChI=1S/C26H30O4S/c1-19(2)28-22-11-15-25(16-12-22)31(30-21(5)27,24-9-7-6-8-10-24)26-17-13-23(14-18-26)29-20(3)4/h6-20H,1-5H3. The molecule has 4 nitrogen and oxygen atoms in total. The van der Waals surface area contributed by atoms with Gasteiger partial charge >= 0.3 is 5.97 Å². The lowest BCUT2D eigenvalue weighted by molar-refractivity contribution is -0.131. The van der Waals surface area contributed by atoms with Crippen LogP contribution in [0.3, 0.4) is 0 Å². The molecule has 31 heavy (non-hydrogen) atoms. The first-order valence-electron chi connectivity index (χ1n) is 10.4. The van der Waals surface area contributed by atoms with Crippen LogP contribution in [-0.2, 0) is 8.98 Å². The van der Waals surface area contributed by atoms with Gasteiger partial charge in [-0.3, -0.25) is 4.79 Å². The van der Waals surface area contributed by atoms with Crippen molar-refractivity contribution in [2.75, 3.05) is 0 Å². The Morgan fingerprint density at radius 2 is 1.03 bits per heavy atom. The highest BCUT2D eigenvalue weighted by Crippen LogP contribution is 2.69. The van der Waals surface area contributed by atoms with Crippen LogP contribution in [0.15, 0.2) is 93.5 Å². The molecule has 5 heteroatoms. The van der Waals surface area contributed by atoms with E-state index in [4.69, 9.17) is 13.7 Å². The zero-order valence-corrected chi connectivity index (χ0v) is 19.5. The number of hydrogen-bond donors (Lipinski definition) is 0. The number of rotatable bonds is 8. The number of benzene rings is 3. The van der Waals surface area contributed by atoms with Gasteiger partial charge in [0.15, 0.2) is 0 Å². The summed E-state index contributed by atoms with van der Waals surface area (Å²) >= 11 is 0. The molecule has 0 fully saturated rings. The van der Waals surface area contributed by atoms with Crippen LogP contribution in [0.2, 0.25) is 0 Å². The fraction of sp³-hybridized carbons (Fsp3) is 0.269. The molecule has 0 spiro atoms. The molecule has 3 rings (SSSR count). The third-order valence-electron chi connectivity index (χ3n) is 4.37. The minimum absolute atomic E-state index is 0.0825. The number of carbonyl (C=O) groups is 1. The second kappa shape index (κ2) is 9.92. The summed E-state index contributed by atoms with van der Waals surface area (Å²) in [6, 6.07) is 25.6. The molecule has 0 bridgehead atoms. The predicted octanol–water partition coefficient (Wildman–Crippen LogP) is 7.02. The lowest BCUT2D eigenvalue weighted by Crippen LogP contribution is -2.12. The van der Waals surface area contributed by atoms with Crippen molar-refractivity contribution < 1.29 is 18.5 Å². The van der Waals surface area contributed by atoms with Gasteiger partial charge in [-0.05, 0) is 98.7 Å². The molecule has 0 aliphatic rings. The summed E-state index contributed by atoms with van der Waals surface area (Å²) in [5.74, 6) is 1.23. The molecule has 0 atom stereocenters. The van der Waals surface area contributed by atoms with E-state index in [1.165, 1.54) is 6.92 Å². The Labute approximate surface area is 186 Å². The molecule has 0 aliphatic heterocycles. The quantitative estimate of drug-likeness (QED) is 0.379. The van der Waals surface area contributed by atoms with Crippen molar-refractivity contribution in [3.63, 3.8) is 0 Å². The van der Waals surface area contributed by atoms with E-state index in [2.05, 4.69) is 0 Å². The van der Waals surface area contributed by atoms with Crippen LogP contribution < -0.4 is 9.47 Å². The molecule has 0 unspecified atom stereocenters. The highest BCUT2D eigenvalue weighted by atomic mass is 32.3. The van der Waals surface area contributed by atoms with Crippen molar-refractivity contribution >= 4 is 16.3 Å². The van der Waals surface area contributed by atoms with Crippen LogP contribution in [0.4, 0.5) is 0 Å². The average Bonchev–Trinajstić information content (AvgIpc) is 2.73. The maximum Gasteiger partial charge on any atom is 0.313 e. The summed E-state index contributed by atoms with van der Waals surface area (Å²) in [4.78, 5) is 15.1. The van der Waals surface area contributed by atoms with Gasteiger partial charge in [-0.15, -0.1) is 0 Å². The highest BCUT2D eigenvalue weighted by molar-refractivity contribution is 8.30. The maximum absolute atomic E-state index is 12.4. The van der Waals surface area contributed by atoms with Crippen molar-refractivity contribution in [2.45, 2.75) is 61.5 Å². The number of hydrogen-bond acceptors (Lipinski definition) is 4. The largest absolute Gasteiger partial charge is 0.491 e. The van der Waals surface area contributed by atoms with Gasteiger partial charge in [0.25, 0.3) is 0 Å². The first-order valence-corrected chi connectivity index (χ1v) is 12.0. The molecule has 0 heterocycles. The van der Waals surface area contributed by atoms with Crippen LogP contribution in [-0.4, -0.2) is 18.2 Å². The Morgan fingerprint density at radius 1 is 0.645 bits per heavy atom. The van der Waals surface area contributed by atoms with E-state index in [0.29, 0.717) is 0 Å².